The van der Waals surface area contributed by atoms with E-state index in [4.69, 9.17) is 16.3 Å². The smallest absolute Gasteiger partial charge is 0.142 e. The Morgan fingerprint density at radius 1 is 1.44 bits per heavy atom. The van der Waals surface area contributed by atoms with Crippen LogP contribution in [-0.4, -0.2) is 17.1 Å². The highest BCUT2D eigenvalue weighted by Gasteiger charge is 2.12. The zero-order chi connectivity index (χ0) is 13.8. The van der Waals surface area contributed by atoms with Crippen molar-refractivity contribution in [2.45, 2.75) is 39.8 Å². The van der Waals surface area contributed by atoms with Gasteiger partial charge in [0.2, 0.25) is 0 Å². The van der Waals surface area contributed by atoms with Gasteiger partial charge in [0.15, 0.2) is 0 Å². The Balaban J connectivity index is 2.79. The molecule has 18 heavy (non-hydrogen) atoms. The highest BCUT2D eigenvalue weighted by Crippen LogP contribution is 2.18. The number of hydrogen-bond donors (Lipinski definition) is 1. The lowest BCUT2D eigenvalue weighted by atomic mass is 10.1. The molecule has 1 heterocycles. The van der Waals surface area contributed by atoms with Gasteiger partial charge in [0.05, 0.1) is 5.69 Å². The summed E-state index contributed by atoms with van der Waals surface area (Å²) in [5, 5.41) is 3.87. The van der Waals surface area contributed by atoms with Crippen molar-refractivity contribution in [2.75, 3.05) is 6.61 Å². The van der Waals surface area contributed by atoms with Gasteiger partial charge in [-0.25, -0.2) is 0 Å². The fraction of sp³-hybridized carbons (Fsp3) is 0.500. The summed E-state index contributed by atoms with van der Waals surface area (Å²) in [6.45, 7) is 12.9. The van der Waals surface area contributed by atoms with Gasteiger partial charge < -0.3 is 10.1 Å². The van der Waals surface area contributed by atoms with Gasteiger partial charge in [-0.3, -0.25) is 4.98 Å². The summed E-state index contributed by atoms with van der Waals surface area (Å²) < 4.78 is 5.58. The van der Waals surface area contributed by atoms with Crippen LogP contribution in [0.1, 0.15) is 32.2 Å². The standard InChI is InChI=1S/C14H21ClN2O/c1-10(15)9-18-13-7-6-11(2)17-12(13)8-16-14(3,4)5/h6-7,16H,1,8-9H2,2-5H3. The van der Waals surface area contributed by atoms with E-state index in [2.05, 4.69) is 37.7 Å². The third-order valence-electron chi connectivity index (χ3n) is 2.24. The predicted octanol–water partition coefficient (Wildman–Crippen LogP) is 3.41. The van der Waals surface area contributed by atoms with Crippen LogP contribution in [-0.2, 0) is 6.54 Å². The lowest BCUT2D eigenvalue weighted by Crippen LogP contribution is -2.35. The fourth-order valence-electron chi connectivity index (χ4n) is 1.36. The first kappa shape index (κ1) is 15.0. The van der Waals surface area contributed by atoms with E-state index in [1.165, 1.54) is 0 Å². The molecule has 1 aromatic heterocycles. The number of halogens is 1. The third-order valence-corrected chi connectivity index (χ3v) is 2.35. The van der Waals surface area contributed by atoms with E-state index in [9.17, 15) is 0 Å². The van der Waals surface area contributed by atoms with Gasteiger partial charge in [-0.15, -0.1) is 0 Å². The van der Waals surface area contributed by atoms with Crippen LogP contribution in [0, 0.1) is 6.92 Å². The summed E-state index contributed by atoms with van der Waals surface area (Å²) in [5.74, 6) is 0.749. The Bertz CT molecular complexity index is 424. The Morgan fingerprint density at radius 3 is 2.67 bits per heavy atom. The lowest BCUT2D eigenvalue weighted by molar-refractivity contribution is 0.346. The van der Waals surface area contributed by atoms with Gasteiger partial charge >= 0.3 is 0 Å². The summed E-state index contributed by atoms with van der Waals surface area (Å²) in [5.41, 5.74) is 1.90. The van der Waals surface area contributed by atoms with E-state index in [-0.39, 0.29) is 5.54 Å². The van der Waals surface area contributed by atoms with Crippen molar-refractivity contribution in [1.29, 1.82) is 0 Å². The summed E-state index contributed by atoms with van der Waals surface area (Å²) in [4.78, 5) is 4.49. The molecule has 1 rings (SSSR count). The SMILES string of the molecule is C=C(Cl)COc1ccc(C)nc1CNC(C)(C)C. The first-order valence-electron chi connectivity index (χ1n) is 5.95. The minimum atomic E-state index is 0.0405. The van der Waals surface area contributed by atoms with Crippen LogP contribution in [0.15, 0.2) is 23.7 Å². The highest BCUT2D eigenvalue weighted by molar-refractivity contribution is 6.29. The van der Waals surface area contributed by atoms with Crippen molar-refractivity contribution in [2.24, 2.45) is 0 Å². The average molecular weight is 269 g/mol. The predicted molar refractivity (Wildman–Crippen MR) is 76.1 cm³/mol. The number of ether oxygens (including phenoxy) is 1. The number of hydrogen-bond acceptors (Lipinski definition) is 3. The second-order valence-electron chi connectivity index (χ2n) is 5.31. The zero-order valence-electron chi connectivity index (χ0n) is 11.5. The van der Waals surface area contributed by atoms with Gasteiger partial charge in [0.25, 0.3) is 0 Å². The molecule has 0 spiro atoms. The van der Waals surface area contributed by atoms with E-state index in [0.29, 0.717) is 18.2 Å². The molecule has 4 heteroatoms. The molecule has 0 radical (unpaired) electrons. The van der Waals surface area contributed by atoms with Crippen molar-refractivity contribution in [3.8, 4) is 5.75 Å². The van der Waals surface area contributed by atoms with E-state index in [1.54, 1.807) is 0 Å². The molecular formula is C14H21ClN2O. The molecule has 3 nitrogen and oxygen atoms in total. The Kier molecular flexibility index (Phi) is 5.17. The van der Waals surface area contributed by atoms with Crippen LogP contribution in [0.25, 0.3) is 0 Å². The first-order valence-corrected chi connectivity index (χ1v) is 6.33. The maximum atomic E-state index is 5.71. The normalized spacial score (nSPS) is 11.4. The Hall–Kier alpha value is -1.06. The second-order valence-corrected chi connectivity index (χ2v) is 5.84. The van der Waals surface area contributed by atoms with Gasteiger partial charge in [0, 0.05) is 22.8 Å². The molecule has 0 fully saturated rings. The van der Waals surface area contributed by atoms with Gasteiger partial charge in [-0.1, -0.05) is 18.2 Å². The molecule has 0 aromatic carbocycles. The number of nitrogens with one attached hydrogen (secondary N) is 1. The van der Waals surface area contributed by atoms with Crippen LogP contribution in [0.5, 0.6) is 5.75 Å². The van der Waals surface area contributed by atoms with Crippen LogP contribution in [0.3, 0.4) is 0 Å². The van der Waals surface area contributed by atoms with Gasteiger partial charge in [-0.05, 0) is 39.8 Å². The van der Waals surface area contributed by atoms with Crippen LogP contribution >= 0.6 is 11.6 Å². The largest absolute Gasteiger partial charge is 0.486 e. The van der Waals surface area contributed by atoms with Crippen molar-refractivity contribution in [3.63, 3.8) is 0 Å². The van der Waals surface area contributed by atoms with Crippen LogP contribution in [0.2, 0.25) is 0 Å². The summed E-state index contributed by atoms with van der Waals surface area (Å²) in [7, 11) is 0. The summed E-state index contributed by atoms with van der Waals surface area (Å²) in [6.07, 6.45) is 0. The quantitative estimate of drug-likeness (QED) is 0.889. The molecule has 0 amide bonds. The minimum absolute atomic E-state index is 0.0405. The highest BCUT2D eigenvalue weighted by atomic mass is 35.5. The molecule has 100 valence electrons. The second kappa shape index (κ2) is 6.21. The van der Waals surface area contributed by atoms with Crippen molar-refractivity contribution in [3.05, 3.63) is 35.1 Å². The molecular weight excluding hydrogens is 248 g/mol. The third kappa shape index (κ3) is 5.52. The molecule has 0 aliphatic rings. The van der Waals surface area contributed by atoms with Crippen LogP contribution < -0.4 is 10.1 Å². The number of aryl methyl sites for hydroxylation is 1. The molecule has 0 aliphatic carbocycles. The molecule has 0 unspecified atom stereocenters. The van der Waals surface area contributed by atoms with E-state index in [1.807, 2.05) is 19.1 Å². The topological polar surface area (TPSA) is 34.1 Å². The zero-order valence-corrected chi connectivity index (χ0v) is 12.3. The first-order chi connectivity index (χ1) is 8.28. The Morgan fingerprint density at radius 2 is 2.11 bits per heavy atom. The fourth-order valence-corrected chi connectivity index (χ4v) is 1.42. The monoisotopic (exact) mass is 268 g/mol. The number of rotatable bonds is 5. The minimum Gasteiger partial charge on any atom is -0.486 e. The van der Waals surface area contributed by atoms with Gasteiger partial charge in [-0.2, -0.15) is 0 Å². The van der Waals surface area contributed by atoms with E-state index in [0.717, 1.165) is 17.1 Å². The van der Waals surface area contributed by atoms with Crippen molar-refractivity contribution < 1.29 is 4.74 Å². The van der Waals surface area contributed by atoms with Crippen molar-refractivity contribution in [1.82, 2.24) is 10.3 Å². The molecule has 0 saturated carbocycles. The molecule has 0 aliphatic heterocycles. The van der Waals surface area contributed by atoms with Crippen molar-refractivity contribution >= 4 is 11.6 Å². The molecule has 0 saturated heterocycles. The average Bonchev–Trinajstić information content (AvgIpc) is 2.23. The van der Waals surface area contributed by atoms with E-state index >= 15 is 0 Å². The molecule has 0 bridgehead atoms. The maximum absolute atomic E-state index is 5.71. The number of nitrogens with zero attached hydrogens (tertiary/aromatic N) is 1. The molecule has 0 atom stereocenters. The lowest BCUT2D eigenvalue weighted by Gasteiger charge is -2.21. The Labute approximate surface area is 114 Å². The molecule has 1 N–H and O–H groups in total. The number of aromatic nitrogens is 1. The van der Waals surface area contributed by atoms with Crippen LogP contribution in [0.4, 0.5) is 0 Å². The van der Waals surface area contributed by atoms with E-state index < -0.39 is 0 Å². The molecule has 1 aromatic rings. The summed E-state index contributed by atoms with van der Waals surface area (Å²) >= 11 is 5.71. The maximum Gasteiger partial charge on any atom is 0.142 e. The summed E-state index contributed by atoms with van der Waals surface area (Å²) in [6, 6.07) is 3.84. The number of pyridine rings is 1. The van der Waals surface area contributed by atoms with Gasteiger partial charge in [0.1, 0.15) is 12.4 Å².